The molecule has 6 nitrogen and oxygen atoms in total. The quantitative estimate of drug-likeness (QED) is 0.529. The van der Waals surface area contributed by atoms with Crippen molar-refractivity contribution in [3.8, 4) is 5.75 Å². The molecule has 0 aliphatic carbocycles. The monoisotopic (exact) mass is 485 g/mol. The predicted molar refractivity (Wildman–Crippen MR) is 119 cm³/mol. The van der Waals surface area contributed by atoms with Gasteiger partial charge in [0.05, 0.1) is 19.2 Å². The van der Waals surface area contributed by atoms with Gasteiger partial charge in [0.2, 0.25) is 0 Å². The van der Waals surface area contributed by atoms with E-state index in [2.05, 4.69) is 4.99 Å². The number of ether oxygens (including phenoxy) is 1. The van der Waals surface area contributed by atoms with E-state index >= 15 is 0 Å². The van der Waals surface area contributed by atoms with Crippen molar-refractivity contribution >= 4 is 17.6 Å². The van der Waals surface area contributed by atoms with Crippen molar-refractivity contribution in [2.45, 2.75) is 18.4 Å². The maximum atomic E-state index is 14.5. The van der Waals surface area contributed by atoms with Crippen molar-refractivity contribution in [2.75, 3.05) is 7.11 Å². The second-order valence-electron chi connectivity index (χ2n) is 7.68. The summed E-state index contributed by atoms with van der Waals surface area (Å²) in [6, 6.07) is 18.8. The molecule has 1 unspecified atom stereocenters. The van der Waals surface area contributed by atoms with Gasteiger partial charge in [-0.25, -0.2) is 9.38 Å². The molecule has 0 spiro atoms. The van der Waals surface area contributed by atoms with Crippen molar-refractivity contribution in [3.63, 3.8) is 0 Å². The number of amidine groups is 1. The van der Waals surface area contributed by atoms with Crippen LogP contribution in [-0.4, -0.2) is 41.5 Å². The molecule has 180 valence electrons. The van der Waals surface area contributed by atoms with E-state index in [9.17, 15) is 27.2 Å². The Morgan fingerprint density at radius 1 is 1.00 bits per heavy atom. The summed E-state index contributed by atoms with van der Waals surface area (Å²) in [6.45, 7) is -0.260. The van der Waals surface area contributed by atoms with E-state index < -0.39 is 35.0 Å². The molecule has 0 aromatic heterocycles. The molecular weight excluding hydrogens is 466 g/mol. The molecule has 2 amide bonds. The number of carbonyl (C=O) groups excluding carboxylic acids is 2. The van der Waals surface area contributed by atoms with Crippen LogP contribution in [0.2, 0.25) is 0 Å². The van der Waals surface area contributed by atoms with Crippen LogP contribution in [-0.2, 0) is 11.3 Å². The van der Waals surface area contributed by atoms with Crippen LogP contribution in [0.15, 0.2) is 83.9 Å². The van der Waals surface area contributed by atoms with Crippen molar-refractivity contribution in [1.82, 2.24) is 10.2 Å². The Morgan fingerprint density at radius 3 is 2.23 bits per heavy atom. The summed E-state index contributed by atoms with van der Waals surface area (Å²) < 4.78 is 62.6. The first-order valence-electron chi connectivity index (χ1n) is 10.4. The highest BCUT2D eigenvalue weighted by Gasteiger charge is 2.67. The lowest BCUT2D eigenvalue weighted by Crippen LogP contribution is -2.63. The number of hydrogen-bond acceptors (Lipinski definition) is 4. The third-order valence-electron chi connectivity index (χ3n) is 5.44. The molecule has 1 heterocycles. The minimum atomic E-state index is -5.32. The maximum absolute atomic E-state index is 14.5. The van der Waals surface area contributed by atoms with Gasteiger partial charge in [-0.1, -0.05) is 54.6 Å². The fourth-order valence-electron chi connectivity index (χ4n) is 3.64. The van der Waals surface area contributed by atoms with Gasteiger partial charge in [-0.2, -0.15) is 13.2 Å². The normalized spacial score (nSPS) is 17.8. The zero-order valence-corrected chi connectivity index (χ0v) is 18.3. The number of methoxy groups -OCH3 is 1. The van der Waals surface area contributed by atoms with Gasteiger partial charge in [0, 0.05) is 5.56 Å². The van der Waals surface area contributed by atoms with E-state index in [1.54, 1.807) is 47.8 Å². The number of benzene rings is 3. The van der Waals surface area contributed by atoms with Crippen molar-refractivity contribution in [1.29, 1.82) is 0 Å². The van der Waals surface area contributed by atoms with E-state index in [4.69, 9.17) is 4.74 Å². The first-order chi connectivity index (χ1) is 16.7. The van der Waals surface area contributed by atoms with Crippen LogP contribution in [0.1, 0.15) is 21.5 Å². The van der Waals surface area contributed by atoms with Crippen LogP contribution in [0.5, 0.6) is 5.75 Å². The van der Waals surface area contributed by atoms with E-state index in [0.717, 1.165) is 17.0 Å². The molecule has 10 heteroatoms. The van der Waals surface area contributed by atoms with Crippen LogP contribution < -0.4 is 10.1 Å². The van der Waals surface area contributed by atoms with E-state index in [0.29, 0.717) is 11.3 Å². The van der Waals surface area contributed by atoms with Crippen molar-refractivity contribution in [2.24, 2.45) is 4.99 Å². The Hall–Kier alpha value is -4.21. The molecule has 0 saturated carbocycles. The highest BCUT2D eigenvalue weighted by atomic mass is 19.4. The summed E-state index contributed by atoms with van der Waals surface area (Å²) in [5.41, 5.74) is -3.54. The number of rotatable bonds is 6. The molecule has 3 aromatic rings. The van der Waals surface area contributed by atoms with E-state index in [1.165, 1.54) is 31.4 Å². The average molecular weight is 485 g/mol. The fraction of sp³-hybridized carbons (Fsp3) is 0.160. The largest absolute Gasteiger partial charge is 0.497 e. The van der Waals surface area contributed by atoms with Crippen LogP contribution in [0.25, 0.3) is 0 Å². The van der Waals surface area contributed by atoms with Gasteiger partial charge in [0.15, 0.2) is 0 Å². The smallest absolute Gasteiger partial charge is 0.442 e. The number of halogens is 4. The highest BCUT2D eigenvalue weighted by Crippen LogP contribution is 2.39. The third kappa shape index (κ3) is 4.46. The number of carbonyl (C=O) groups is 2. The average Bonchev–Trinajstić information content (AvgIpc) is 3.12. The second-order valence-corrected chi connectivity index (χ2v) is 7.68. The van der Waals surface area contributed by atoms with Crippen molar-refractivity contribution in [3.05, 3.63) is 101 Å². The van der Waals surface area contributed by atoms with Gasteiger partial charge in [0.25, 0.3) is 11.8 Å². The summed E-state index contributed by atoms with van der Waals surface area (Å²) in [5, 5.41) is 1.67. The lowest BCUT2D eigenvalue weighted by molar-refractivity contribution is -0.196. The topological polar surface area (TPSA) is 71.0 Å². The third-order valence-corrected chi connectivity index (χ3v) is 5.44. The van der Waals surface area contributed by atoms with Gasteiger partial charge < -0.3 is 10.1 Å². The maximum Gasteiger partial charge on any atom is 0.442 e. The lowest BCUT2D eigenvalue weighted by Gasteiger charge is -2.29. The molecular formula is C25H19F4N3O3. The molecule has 1 aliphatic heterocycles. The van der Waals surface area contributed by atoms with Gasteiger partial charge >= 0.3 is 11.8 Å². The molecule has 0 fully saturated rings. The number of hydrogen-bond donors (Lipinski definition) is 1. The zero-order chi connectivity index (χ0) is 25.2. The van der Waals surface area contributed by atoms with Crippen LogP contribution in [0.4, 0.5) is 17.6 Å². The number of nitrogens with zero attached hydrogens (tertiary/aromatic N) is 2. The Balaban J connectivity index is 1.79. The molecule has 35 heavy (non-hydrogen) atoms. The minimum absolute atomic E-state index is 0.237. The zero-order valence-electron chi connectivity index (χ0n) is 18.3. The molecule has 0 radical (unpaired) electrons. The van der Waals surface area contributed by atoms with Crippen molar-refractivity contribution < 1.29 is 31.9 Å². The van der Waals surface area contributed by atoms with Gasteiger partial charge in [-0.05, 0) is 29.8 Å². The SMILES string of the molecule is COc1ccc(CN2C(=O)C(NC(=O)c3ccccc3F)(C(F)(F)F)N=C2c2ccccc2)cc1. The minimum Gasteiger partial charge on any atom is -0.497 e. The molecule has 1 N–H and O–H groups in total. The van der Waals surface area contributed by atoms with E-state index in [1.807, 2.05) is 0 Å². The van der Waals surface area contributed by atoms with E-state index in [-0.39, 0.29) is 17.9 Å². The number of aliphatic imine (C=N–C) groups is 1. The molecule has 4 rings (SSSR count). The lowest BCUT2D eigenvalue weighted by atomic mass is 10.1. The molecule has 1 aliphatic rings. The van der Waals surface area contributed by atoms with Gasteiger partial charge in [-0.3, -0.25) is 14.5 Å². The molecule has 1 atom stereocenters. The van der Waals surface area contributed by atoms with Crippen LogP contribution in [0, 0.1) is 5.82 Å². The Labute approximate surface area is 197 Å². The summed E-state index contributed by atoms with van der Waals surface area (Å²) in [4.78, 5) is 30.7. The Bertz CT molecular complexity index is 1280. The Kier molecular flexibility index (Phi) is 6.29. The number of alkyl halides is 3. The first-order valence-corrected chi connectivity index (χ1v) is 10.4. The predicted octanol–water partition coefficient (Wildman–Crippen LogP) is 4.31. The second kappa shape index (κ2) is 9.21. The standard InChI is InChI=1S/C25H19F4N3O3/c1-35-18-13-11-16(12-14-18)15-32-21(17-7-3-2-4-8-17)30-24(23(32)34,25(27,28)29)31-22(33)19-9-5-6-10-20(19)26/h2-14H,15H2,1H3,(H,31,33). The molecule has 0 saturated heterocycles. The number of amides is 2. The number of nitrogens with one attached hydrogen (secondary N) is 1. The highest BCUT2D eigenvalue weighted by molar-refractivity contribution is 6.16. The first kappa shape index (κ1) is 23.9. The summed E-state index contributed by atoms with van der Waals surface area (Å²) >= 11 is 0. The van der Waals surface area contributed by atoms with Crippen LogP contribution in [0.3, 0.4) is 0 Å². The van der Waals surface area contributed by atoms with Gasteiger partial charge in [-0.15, -0.1) is 0 Å². The summed E-state index contributed by atoms with van der Waals surface area (Å²) in [7, 11) is 1.47. The fourth-order valence-corrected chi connectivity index (χ4v) is 3.64. The summed E-state index contributed by atoms with van der Waals surface area (Å²) in [6.07, 6.45) is -5.32. The summed E-state index contributed by atoms with van der Waals surface area (Å²) in [5.74, 6) is -3.71. The van der Waals surface area contributed by atoms with Crippen LogP contribution >= 0.6 is 0 Å². The molecule has 0 bridgehead atoms. The molecule has 3 aromatic carbocycles. The Morgan fingerprint density at radius 2 is 1.63 bits per heavy atom. The van der Waals surface area contributed by atoms with Gasteiger partial charge in [0.1, 0.15) is 17.4 Å².